The van der Waals surface area contributed by atoms with Gasteiger partial charge in [-0.15, -0.1) is 0 Å². The zero-order valence-electron chi connectivity index (χ0n) is 14.1. The van der Waals surface area contributed by atoms with E-state index in [1.165, 1.54) is 70.6 Å². The summed E-state index contributed by atoms with van der Waals surface area (Å²) in [5, 5.41) is 6.54. The average Bonchev–Trinajstić information content (AvgIpc) is 2.52. The van der Waals surface area contributed by atoms with Crippen LogP contribution in [0.25, 0.3) is 0 Å². The minimum atomic E-state index is 0.241. The first-order chi connectivity index (χ1) is 10.3. The van der Waals surface area contributed by atoms with Crippen molar-refractivity contribution in [1.29, 1.82) is 0 Å². The number of carbonyl (C=O) groups excluding carboxylic acids is 1. The van der Waals surface area contributed by atoms with E-state index in [1.54, 1.807) is 0 Å². The third kappa shape index (κ3) is 10.8. The first kappa shape index (κ1) is 18.5. The standard InChI is InChI=1S/C18H36N2O/c1-2-3-4-5-6-7-8-9-10-14-18(21)20-16-17-13-11-12-15-19-17/h17,19H,2-16H2,1H3,(H,20,21). The summed E-state index contributed by atoms with van der Waals surface area (Å²) in [5.41, 5.74) is 0. The summed E-state index contributed by atoms with van der Waals surface area (Å²) in [4.78, 5) is 11.8. The van der Waals surface area contributed by atoms with Gasteiger partial charge in [0.05, 0.1) is 0 Å². The van der Waals surface area contributed by atoms with E-state index in [0.717, 1.165) is 19.5 Å². The highest BCUT2D eigenvalue weighted by Crippen LogP contribution is 2.10. The molecule has 1 aliphatic heterocycles. The molecule has 1 saturated heterocycles. The Kier molecular flexibility index (Phi) is 11.5. The zero-order valence-corrected chi connectivity index (χ0v) is 14.1. The molecule has 3 nitrogen and oxygen atoms in total. The van der Waals surface area contributed by atoms with Crippen molar-refractivity contribution >= 4 is 5.91 Å². The monoisotopic (exact) mass is 296 g/mol. The predicted octanol–water partition coefficient (Wildman–Crippen LogP) is 4.17. The molecule has 1 fully saturated rings. The summed E-state index contributed by atoms with van der Waals surface area (Å²) < 4.78 is 0. The molecule has 0 spiro atoms. The third-order valence-electron chi connectivity index (χ3n) is 4.47. The van der Waals surface area contributed by atoms with Crippen molar-refractivity contribution in [3.05, 3.63) is 0 Å². The van der Waals surface area contributed by atoms with Gasteiger partial charge in [-0.2, -0.15) is 0 Å². The lowest BCUT2D eigenvalue weighted by Crippen LogP contribution is -2.43. The number of amides is 1. The number of carbonyl (C=O) groups is 1. The van der Waals surface area contributed by atoms with Crippen molar-refractivity contribution in [2.45, 2.75) is 96.4 Å². The number of piperidine rings is 1. The van der Waals surface area contributed by atoms with Crippen molar-refractivity contribution in [2.75, 3.05) is 13.1 Å². The van der Waals surface area contributed by atoms with Crippen LogP contribution in [0.5, 0.6) is 0 Å². The van der Waals surface area contributed by atoms with Crippen LogP contribution in [-0.4, -0.2) is 25.0 Å². The molecule has 124 valence electrons. The molecule has 1 heterocycles. The Balaban J connectivity index is 1.82. The van der Waals surface area contributed by atoms with Crippen molar-refractivity contribution in [3.63, 3.8) is 0 Å². The molecular formula is C18H36N2O. The highest BCUT2D eigenvalue weighted by atomic mass is 16.1. The van der Waals surface area contributed by atoms with Crippen LogP contribution in [0.2, 0.25) is 0 Å². The molecule has 0 aromatic carbocycles. The molecular weight excluding hydrogens is 260 g/mol. The third-order valence-corrected chi connectivity index (χ3v) is 4.47. The fraction of sp³-hybridized carbons (Fsp3) is 0.944. The van der Waals surface area contributed by atoms with Crippen LogP contribution in [0.3, 0.4) is 0 Å². The molecule has 3 heteroatoms. The van der Waals surface area contributed by atoms with E-state index in [1.807, 2.05) is 0 Å². The van der Waals surface area contributed by atoms with E-state index in [9.17, 15) is 4.79 Å². The van der Waals surface area contributed by atoms with Crippen LogP contribution >= 0.6 is 0 Å². The van der Waals surface area contributed by atoms with Crippen LogP contribution < -0.4 is 10.6 Å². The second-order valence-corrected chi connectivity index (χ2v) is 6.53. The van der Waals surface area contributed by atoms with Crippen molar-refractivity contribution < 1.29 is 4.79 Å². The zero-order chi connectivity index (χ0) is 15.2. The molecule has 2 N–H and O–H groups in total. The molecule has 1 aliphatic rings. The lowest BCUT2D eigenvalue weighted by Gasteiger charge is -2.23. The van der Waals surface area contributed by atoms with Crippen LogP contribution in [0.1, 0.15) is 90.4 Å². The molecule has 1 rings (SSSR count). The van der Waals surface area contributed by atoms with Crippen LogP contribution in [0, 0.1) is 0 Å². The number of hydrogen-bond acceptors (Lipinski definition) is 2. The maximum atomic E-state index is 11.8. The second kappa shape index (κ2) is 13.1. The molecule has 0 aliphatic carbocycles. The smallest absolute Gasteiger partial charge is 0.220 e. The SMILES string of the molecule is CCCCCCCCCCCC(=O)NCC1CCCCN1. The van der Waals surface area contributed by atoms with Gasteiger partial charge in [-0.25, -0.2) is 0 Å². The fourth-order valence-corrected chi connectivity index (χ4v) is 3.02. The Morgan fingerprint density at radius 3 is 2.29 bits per heavy atom. The van der Waals surface area contributed by atoms with Gasteiger partial charge in [0, 0.05) is 19.0 Å². The van der Waals surface area contributed by atoms with E-state index in [0.29, 0.717) is 12.5 Å². The Morgan fingerprint density at radius 1 is 1.00 bits per heavy atom. The van der Waals surface area contributed by atoms with E-state index in [2.05, 4.69) is 17.6 Å². The number of hydrogen-bond donors (Lipinski definition) is 2. The lowest BCUT2D eigenvalue weighted by molar-refractivity contribution is -0.121. The van der Waals surface area contributed by atoms with Gasteiger partial charge in [-0.3, -0.25) is 4.79 Å². The first-order valence-corrected chi connectivity index (χ1v) is 9.33. The lowest BCUT2D eigenvalue weighted by atomic mass is 10.0. The summed E-state index contributed by atoms with van der Waals surface area (Å²) in [5.74, 6) is 0.241. The minimum absolute atomic E-state index is 0.241. The molecule has 0 bridgehead atoms. The molecule has 1 unspecified atom stereocenters. The van der Waals surface area contributed by atoms with Crippen LogP contribution in [0.15, 0.2) is 0 Å². The van der Waals surface area contributed by atoms with E-state index >= 15 is 0 Å². The predicted molar refractivity (Wildman–Crippen MR) is 90.5 cm³/mol. The molecule has 0 radical (unpaired) electrons. The van der Waals surface area contributed by atoms with Crippen molar-refractivity contribution in [3.8, 4) is 0 Å². The summed E-state index contributed by atoms with van der Waals surface area (Å²) in [6, 6.07) is 0.505. The largest absolute Gasteiger partial charge is 0.355 e. The Hall–Kier alpha value is -0.570. The Bertz CT molecular complexity index is 250. The Labute approximate surface area is 131 Å². The summed E-state index contributed by atoms with van der Waals surface area (Å²) in [6.07, 6.45) is 16.3. The first-order valence-electron chi connectivity index (χ1n) is 9.33. The normalized spacial score (nSPS) is 18.6. The van der Waals surface area contributed by atoms with Crippen molar-refractivity contribution in [2.24, 2.45) is 0 Å². The van der Waals surface area contributed by atoms with Gasteiger partial charge in [-0.1, -0.05) is 64.7 Å². The summed E-state index contributed by atoms with van der Waals surface area (Å²) in [6.45, 7) is 4.18. The van der Waals surface area contributed by atoms with Crippen LogP contribution in [0.4, 0.5) is 0 Å². The molecule has 21 heavy (non-hydrogen) atoms. The topological polar surface area (TPSA) is 41.1 Å². The van der Waals surface area contributed by atoms with Crippen molar-refractivity contribution in [1.82, 2.24) is 10.6 Å². The van der Waals surface area contributed by atoms with Crippen LogP contribution in [-0.2, 0) is 4.79 Å². The summed E-state index contributed by atoms with van der Waals surface area (Å²) in [7, 11) is 0. The van der Waals surface area contributed by atoms with Gasteiger partial charge >= 0.3 is 0 Å². The maximum Gasteiger partial charge on any atom is 0.220 e. The number of nitrogens with one attached hydrogen (secondary N) is 2. The minimum Gasteiger partial charge on any atom is -0.355 e. The highest BCUT2D eigenvalue weighted by molar-refractivity contribution is 5.75. The van der Waals surface area contributed by atoms with E-state index < -0.39 is 0 Å². The molecule has 1 amide bonds. The average molecular weight is 296 g/mol. The number of unbranched alkanes of at least 4 members (excludes halogenated alkanes) is 8. The van der Waals surface area contributed by atoms with E-state index in [4.69, 9.17) is 0 Å². The summed E-state index contributed by atoms with van der Waals surface area (Å²) >= 11 is 0. The van der Waals surface area contributed by atoms with Gasteiger partial charge in [-0.05, 0) is 25.8 Å². The van der Waals surface area contributed by atoms with Gasteiger partial charge in [0.25, 0.3) is 0 Å². The molecule has 0 saturated carbocycles. The quantitative estimate of drug-likeness (QED) is 0.531. The van der Waals surface area contributed by atoms with E-state index in [-0.39, 0.29) is 5.91 Å². The molecule has 0 aromatic rings. The van der Waals surface area contributed by atoms with Gasteiger partial charge in [0.2, 0.25) is 5.91 Å². The number of rotatable bonds is 12. The second-order valence-electron chi connectivity index (χ2n) is 6.53. The van der Waals surface area contributed by atoms with Gasteiger partial charge in [0.1, 0.15) is 0 Å². The van der Waals surface area contributed by atoms with Gasteiger partial charge < -0.3 is 10.6 Å². The molecule has 0 aromatic heterocycles. The highest BCUT2D eigenvalue weighted by Gasteiger charge is 2.12. The van der Waals surface area contributed by atoms with Gasteiger partial charge in [0.15, 0.2) is 0 Å². The Morgan fingerprint density at radius 2 is 1.67 bits per heavy atom. The fourth-order valence-electron chi connectivity index (χ4n) is 3.02. The molecule has 1 atom stereocenters. The maximum absolute atomic E-state index is 11.8.